The molecule has 1 fully saturated rings. The topological polar surface area (TPSA) is 94.0 Å². The van der Waals surface area contributed by atoms with E-state index in [1.807, 2.05) is 19.1 Å². The summed E-state index contributed by atoms with van der Waals surface area (Å²) in [4.78, 5) is 4.94. The number of aliphatic imine (C=N–C) groups is 1. The van der Waals surface area contributed by atoms with E-state index in [0.29, 0.717) is 37.0 Å². The summed E-state index contributed by atoms with van der Waals surface area (Å²) in [7, 11) is -3.39. The fourth-order valence-electron chi connectivity index (χ4n) is 3.84. The molecule has 3 N–H and O–H groups in total. The molecule has 1 heterocycles. The first kappa shape index (κ1) is 24.6. The third-order valence-corrected chi connectivity index (χ3v) is 7.32. The smallest absolute Gasteiger partial charge is 0.243 e. The van der Waals surface area contributed by atoms with Crippen molar-refractivity contribution in [2.24, 2.45) is 4.99 Å². The van der Waals surface area contributed by atoms with Crippen LogP contribution < -0.4 is 10.6 Å². The highest BCUT2D eigenvalue weighted by Gasteiger charge is 2.27. The van der Waals surface area contributed by atoms with Crippen LogP contribution in [0, 0.1) is 0 Å². The monoisotopic (exact) mass is 438 g/mol. The zero-order valence-electron chi connectivity index (χ0n) is 18.7. The summed E-state index contributed by atoms with van der Waals surface area (Å²) in [5.41, 5.74) is 0.204. The molecule has 0 spiro atoms. The van der Waals surface area contributed by atoms with Crippen molar-refractivity contribution in [3.8, 4) is 0 Å². The van der Waals surface area contributed by atoms with Gasteiger partial charge in [0.25, 0.3) is 0 Å². The average molecular weight is 439 g/mol. The van der Waals surface area contributed by atoms with Gasteiger partial charge in [-0.3, -0.25) is 0 Å². The van der Waals surface area contributed by atoms with Gasteiger partial charge in [-0.1, -0.05) is 38.8 Å². The molecule has 1 aromatic carbocycles. The quantitative estimate of drug-likeness (QED) is 0.365. The number of aliphatic hydroxyl groups is 1. The number of nitrogens with one attached hydrogen (secondary N) is 2. The molecule has 0 atom stereocenters. The van der Waals surface area contributed by atoms with Gasteiger partial charge in [0.2, 0.25) is 10.0 Å². The van der Waals surface area contributed by atoms with Crippen molar-refractivity contribution < 1.29 is 13.5 Å². The molecule has 7 nitrogen and oxygen atoms in total. The molecule has 30 heavy (non-hydrogen) atoms. The number of sulfonamides is 1. The highest BCUT2D eigenvalue weighted by molar-refractivity contribution is 7.89. The Balaban J connectivity index is 2.01. The molecule has 8 heteroatoms. The lowest BCUT2D eigenvalue weighted by atomic mass is 9.93. The highest BCUT2D eigenvalue weighted by Crippen LogP contribution is 2.21. The zero-order valence-corrected chi connectivity index (χ0v) is 19.5. The average Bonchev–Trinajstić information content (AvgIpc) is 3.27. The third-order valence-electron chi connectivity index (χ3n) is 5.41. The molecule has 1 aliphatic rings. The van der Waals surface area contributed by atoms with Gasteiger partial charge in [-0.2, -0.15) is 4.31 Å². The summed E-state index contributed by atoms with van der Waals surface area (Å²) < 4.78 is 26.8. The van der Waals surface area contributed by atoms with E-state index in [1.165, 1.54) is 0 Å². The van der Waals surface area contributed by atoms with Crippen LogP contribution in [0.15, 0.2) is 34.2 Å². The third kappa shape index (κ3) is 6.96. The Morgan fingerprint density at radius 1 is 1.07 bits per heavy atom. The van der Waals surface area contributed by atoms with E-state index in [9.17, 15) is 13.5 Å². The standard InChI is InChI=1S/C22H38N4O3S/c1-4-13-22(27,14-5-2)18-25-21(23-6-3)24-17-19-9-11-20(12-10-19)30(28,29)26-15-7-8-16-26/h9-12,27H,4-8,13-18H2,1-3H3,(H2,23,24,25). The largest absolute Gasteiger partial charge is 0.388 e. The molecule has 0 aliphatic carbocycles. The predicted molar refractivity (Wildman–Crippen MR) is 122 cm³/mol. The molecular formula is C22H38N4O3S. The Hall–Kier alpha value is -1.64. The minimum absolute atomic E-state index is 0.339. The van der Waals surface area contributed by atoms with Gasteiger partial charge in [-0.15, -0.1) is 0 Å². The van der Waals surface area contributed by atoms with Gasteiger partial charge < -0.3 is 15.7 Å². The van der Waals surface area contributed by atoms with Crippen molar-refractivity contribution in [1.82, 2.24) is 14.9 Å². The Morgan fingerprint density at radius 2 is 1.67 bits per heavy atom. The fourth-order valence-corrected chi connectivity index (χ4v) is 5.35. The number of guanidine groups is 1. The van der Waals surface area contributed by atoms with Crippen LogP contribution in [0.2, 0.25) is 0 Å². The van der Waals surface area contributed by atoms with Crippen LogP contribution in [0.3, 0.4) is 0 Å². The van der Waals surface area contributed by atoms with E-state index in [2.05, 4.69) is 29.5 Å². The van der Waals surface area contributed by atoms with Gasteiger partial charge in [0.15, 0.2) is 5.96 Å². The van der Waals surface area contributed by atoms with Crippen LogP contribution >= 0.6 is 0 Å². The molecule has 1 aliphatic heterocycles. The summed E-state index contributed by atoms with van der Waals surface area (Å²) >= 11 is 0. The Kier molecular flexibility index (Phi) is 9.58. The lowest BCUT2D eigenvalue weighted by Gasteiger charge is -2.28. The van der Waals surface area contributed by atoms with E-state index in [-0.39, 0.29) is 0 Å². The number of hydrogen-bond donors (Lipinski definition) is 3. The van der Waals surface area contributed by atoms with Gasteiger partial charge in [-0.25, -0.2) is 13.4 Å². The highest BCUT2D eigenvalue weighted by atomic mass is 32.2. The van der Waals surface area contributed by atoms with Crippen molar-refractivity contribution >= 4 is 16.0 Å². The normalized spacial score (nSPS) is 16.1. The van der Waals surface area contributed by atoms with Gasteiger partial charge in [0.05, 0.1) is 17.0 Å². The number of rotatable bonds is 11. The second kappa shape index (κ2) is 11.7. The lowest BCUT2D eigenvalue weighted by molar-refractivity contribution is 0.0257. The van der Waals surface area contributed by atoms with Crippen LogP contribution in [0.5, 0.6) is 0 Å². The molecule has 170 valence electrons. The Bertz CT molecular complexity index is 766. The first-order valence-corrected chi connectivity index (χ1v) is 12.6. The van der Waals surface area contributed by atoms with Crippen LogP contribution in [-0.2, 0) is 16.6 Å². The summed E-state index contributed by atoms with van der Waals surface area (Å²) in [6.45, 7) is 8.97. The lowest BCUT2D eigenvalue weighted by Crippen LogP contribution is -2.47. The number of benzene rings is 1. The van der Waals surface area contributed by atoms with Crippen LogP contribution in [0.25, 0.3) is 0 Å². The van der Waals surface area contributed by atoms with Crippen molar-refractivity contribution in [3.05, 3.63) is 29.8 Å². The van der Waals surface area contributed by atoms with Crippen molar-refractivity contribution in [3.63, 3.8) is 0 Å². The molecule has 0 amide bonds. The van der Waals surface area contributed by atoms with E-state index in [1.54, 1.807) is 16.4 Å². The maximum atomic E-state index is 12.6. The maximum absolute atomic E-state index is 12.6. The fraction of sp³-hybridized carbons (Fsp3) is 0.682. The molecule has 1 saturated heterocycles. The molecule has 2 rings (SSSR count). The van der Waals surface area contributed by atoms with Gasteiger partial charge in [-0.05, 0) is 50.3 Å². The second-order valence-electron chi connectivity index (χ2n) is 8.03. The van der Waals surface area contributed by atoms with Crippen molar-refractivity contribution in [1.29, 1.82) is 0 Å². The minimum Gasteiger partial charge on any atom is -0.388 e. The SMILES string of the molecule is CCCC(O)(CCC)CNC(=NCc1ccc(S(=O)(=O)N2CCCC2)cc1)NCC. The van der Waals surface area contributed by atoms with Gasteiger partial charge in [0.1, 0.15) is 0 Å². The van der Waals surface area contributed by atoms with Crippen molar-refractivity contribution in [2.75, 3.05) is 26.2 Å². The molecule has 1 aromatic rings. The van der Waals surface area contributed by atoms with Crippen LogP contribution in [0.1, 0.15) is 64.9 Å². The van der Waals surface area contributed by atoms with Gasteiger partial charge in [0, 0.05) is 26.2 Å². The zero-order chi connectivity index (χ0) is 22.0. The molecule has 0 unspecified atom stereocenters. The molecular weight excluding hydrogens is 400 g/mol. The van der Waals surface area contributed by atoms with Crippen molar-refractivity contribution in [2.45, 2.75) is 76.3 Å². The number of hydrogen-bond acceptors (Lipinski definition) is 4. The molecule has 0 aromatic heterocycles. The summed E-state index contributed by atoms with van der Waals surface area (Å²) in [5, 5.41) is 17.3. The van der Waals surface area contributed by atoms with Crippen LogP contribution in [0.4, 0.5) is 0 Å². The molecule has 0 bridgehead atoms. The summed E-state index contributed by atoms with van der Waals surface area (Å²) in [6, 6.07) is 6.97. The first-order chi connectivity index (χ1) is 14.3. The number of nitrogens with zero attached hydrogens (tertiary/aromatic N) is 2. The molecule has 0 radical (unpaired) electrons. The van der Waals surface area contributed by atoms with E-state index >= 15 is 0 Å². The molecule has 0 saturated carbocycles. The van der Waals surface area contributed by atoms with E-state index in [0.717, 1.165) is 50.6 Å². The second-order valence-corrected chi connectivity index (χ2v) is 9.97. The minimum atomic E-state index is -3.39. The van der Waals surface area contributed by atoms with E-state index in [4.69, 9.17) is 0 Å². The Labute approximate surface area is 182 Å². The summed E-state index contributed by atoms with van der Waals surface area (Å²) in [6.07, 6.45) is 5.22. The first-order valence-electron chi connectivity index (χ1n) is 11.2. The van der Waals surface area contributed by atoms with E-state index < -0.39 is 15.6 Å². The predicted octanol–water partition coefficient (Wildman–Crippen LogP) is 2.86. The van der Waals surface area contributed by atoms with Gasteiger partial charge >= 0.3 is 0 Å². The van der Waals surface area contributed by atoms with Crippen LogP contribution in [-0.4, -0.2) is 55.6 Å². The maximum Gasteiger partial charge on any atom is 0.243 e. The summed E-state index contributed by atoms with van der Waals surface area (Å²) in [5.74, 6) is 0.650. The Morgan fingerprint density at radius 3 is 2.20 bits per heavy atom.